The lowest BCUT2D eigenvalue weighted by Gasteiger charge is -2.11. The van der Waals surface area contributed by atoms with E-state index in [1.54, 1.807) is 0 Å². The van der Waals surface area contributed by atoms with Crippen molar-refractivity contribution in [3.63, 3.8) is 0 Å². The lowest BCUT2D eigenvalue weighted by Crippen LogP contribution is -2.09. The summed E-state index contributed by atoms with van der Waals surface area (Å²) in [6.07, 6.45) is -4.53. The number of hydrogen-bond acceptors (Lipinski definition) is 1. The van der Waals surface area contributed by atoms with Crippen molar-refractivity contribution in [3.8, 4) is 0 Å². The van der Waals surface area contributed by atoms with Gasteiger partial charge in [-0.2, -0.15) is 13.2 Å². The van der Waals surface area contributed by atoms with Crippen molar-refractivity contribution in [3.05, 3.63) is 29.6 Å². The Kier molecular flexibility index (Phi) is 4.19. The highest BCUT2D eigenvalue weighted by molar-refractivity contribution is 5.85. The molecule has 0 spiro atoms. The van der Waals surface area contributed by atoms with Gasteiger partial charge < -0.3 is 5.32 Å². The third-order valence-electron chi connectivity index (χ3n) is 1.56. The molecule has 0 aromatic heterocycles. The molecule has 0 aliphatic rings. The van der Waals surface area contributed by atoms with E-state index in [0.717, 1.165) is 12.1 Å². The first-order valence-corrected chi connectivity index (χ1v) is 3.49. The number of hydrogen-bond donors (Lipinski definition) is 1. The standard InChI is InChI=1S/C8H7F4N.ClH/c1-13-7-3-2-5(9)4-6(7)8(10,11)12;/h2-4,13H,1H3;1H. The molecule has 1 aromatic rings. The molecule has 1 rings (SSSR count). The Morgan fingerprint density at radius 3 is 2.21 bits per heavy atom. The van der Waals surface area contributed by atoms with Crippen molar-refractivity contribution in [2.75, 3.05) is 12.4 Å². The molecule has 1 nitrogen and oxygen atoms in total. The molecule has 1 N–H and O–H groups in total. The van der Waals surface area contributed by atoms with Gasteiger partial charge in [0.2, 0.25) is 0 Å². The summed E-state index contributed by atoms with van der Waals surface area (Å²) in [7, 11) is 1.35. The molecule has 6 heteroatoms. The van der Waals surface area contributed by atoms with Gasteiger partial charge in [-0.1, -0.05) is 0 Å². The van der Waals surface area contributed by atoms with Crippen LogP contribution in [0, 0.1) is 5.82 Å². The van der Waals surface area contributed by atoms with Crippen LogP contribution in [-0.4, -0.2) is 7.05 Å². The zero-order valence-corrected chi connectivity index (χ0v) is 7.97. The fourth-order valence-electron chi connectivity index (χ4n) is 0.969. The molecule has 0 saturated heterocycles. The van der Waals surface area contributed by atoms with Gasteiger partial charge in [-0.3, -0.25) is 0 Å². The Morgan fingerprint density at radius 2 is 1.79 bits per heavy atom. The number of alkyl halides is 3. The van der Waals surface area contributed by atoms with Gasteiger partial charge in [0.15, 0.2) is 0 Å². The summed E-state index contributed by atoms with van der Waals surface area (Å²) < 4.78 is 49.1. The van der Waals surface area contributed by atoms with Gasteiger partial charge >= 0.3 is 6.18 Å². The molecule has 0 heterocycles. The largest absolute Gasteiger partial charge is 0.418 e. The van der Waals surface area contributed by atoms with Gasteiger partial charge in [-0.05, 0) is 18.2 Å². The van der Waals surface area contributed by atoms with E-state index in [0.29, 0.717) is 6.07 Å². The third kappa shape index (κ3) is 2.77. The summed E-state index contributed by atoms with van der Waals surface area (Å²) >= 11 is 0. The number of anilines is 1. The number of nitrogens with one attached hydrogen (secondary N) is 1. The van der Waals surface area contributed by atoms with Crippen LogP contribution in [0.15, 0.2) is 18.2 Å². The predicted molar refractivity (Wildman–Crippen MR) is 48.2 cm³/mol. The van der Waals surface area contributed by atoms with E-state index in [4.69, 9.17) is 0 Å². The highest BCUT2D eigenvalue weighted by Crippen LogP contribution is 2.34. The van der Waals surface area contributed by atoms with Gasteiger partial charge in [0.1, 0.15) is 5.82 Å². The normalized spacial score (nSPS) is 10.6. The SMILES string of the molecule is CNc1ccc(F)cc1C(F)(F)F.Cl. The fourth-order valence-corrected chi connectivity index (χ4v) is 0.969. The average Bonchev–Trinajstić information content (AvgIpc) is 2.03. The van der Waals surface area contributed by atoms with Gasteiger partial charge in [0.25, 0.3) is 0 Å². The van der Waals surface area contributed by atoms with E-state index in [9.17, 15) is 17.6 Å². The first-order valence-electron chi connectivity index (χ1n) is 3.49. The summed E-state index contributed by atoms with van der Waals surface area (Å²) in [5.74, 6) is -0.897. The Labute approximate surface area is 84.5 Å². The molecule has 0 radical (unpaired) electrons. The number of rotatable bonds is 1. The lowest BCUT2D eigenvalue weighted by atomic mass is 10.1. The van der Waals surface area contributed by atoms with Crippen LogP contribution in [0.1, 0.15) is 5.56 Å². The van der Waals surface area contributed by atoms with Crippen molar-refractivity contribution in [1.29, 1.82) is 0 Å². The monoisotopic (exact) mass is 229 g/mol. The molecule has 0 atom stereocenters. The molecule has 80 valence electrons. The molecule has 1 aromatic carbocycles. The molecule has 0 aliphatic carbocycles. The van der Waals surface area contributed by atoms with Crippen LogP contribution >= 0.6 is 12.4 Å². The maximum absolute atomic E-state index is 12.5. The van der Waals surface area contributed by atoms with Crippen molar-refractivity contribution in [2.24, 2.45) is 0 Å². The molecule has 0 aliphatic heterocycles. The van der Waals surface area contributed by atoms with E-state index in [1.165, 1.54) is 7.05 Å². The van der Waals surface area contributed by atoms with Gasteiger partial charge in [-0.15, -0.1) is 12.4 Å². The Bertz CT molecular complexity index is 311. The molecule has 14 heavy (non-hydrogen) atoms. The second kappa shape index (κ2) is 4.50. The smallest absolute Gasteiger partial charge is 0.388 e. The maximum Gasteiger partial charge on any atom is 0.418 e. The van der Waals surface area contributed by atoms with Crippen molar-refractivity contribution >= 4 is 18.1 Å². The van der Waals surface area contributed by atoms with E-state index in [2.05, 4.69) is 5.32 Å². The van der Waals surface area contributed by atoms with E-state index in [-0.39, 0.29) is 18.1 Å². The van der Waals surface area contributed by atoms with E-state index in [1.807, 2.05) is 0 Å². The van der Waals surface area contributed by atoms with Gasteiger partial charge in [-0.25, -0.2) is 4.39 Å². The van der Waals surface area contributed by atoms with Crippen LogP contribution in [0.5, 0.6) is 0 Å². The minimum atomic E-state index is -4.53. The summed E-state index contributed by atoms with van der Waals surface area (Å²) in [4.78, 5) is 0. The zero-order valence-electron chi connectivity index (χ0n) is 7.15. The second-order valence-electron chi connectivity index (χ2n) is 2.44. The van der Waals surface area contributed by atoms with Crippen LogP contribution in [0.4, 0.5) is 23.2 Å². The summed E-state index contributed by atoms with van der Waals surface area (Å²) in [5, 5.41) is 2.34. The third-order valence-corrected chi connectivity index (χ3v) is 1.56. The highest BCUT2D eigenvalue weighted by Gasteiger charge is 2.33. The van der Waals surface area contributed by atoms with Crippen LogP contribution < -0.4 is 5.32 Å². The molecule has 0 unspecified atom stereocenters. The summed E-state index contributed by atoms with van der Waals surface area (Å²) in [5.41, 5.74) is -1.12. The van der Waals surface area contributed by atoms with Crippen molar-refractivity contribution < 1.29 is 17.6 Å². The average molecular weight is 230 g/mol. The number of benzene rings is 1. The van der Waals surface area contributed by atoms with Crippen molar-refractivity contribution in [1.82, 2.24) is 0 Å². The molecular formula is C8H8ClF4N. The van der Waals surface area contributed by atoms with E-state index < -0.39 is 17.6 Å². The molecule has 0 amide bonds. The predicted octanol–water partition coefficient (Wildman–Crippen LogP) is 3.31. The van der Waals surface area contributed by atoms with E-state index >= 15 is 0 Å². The maximum atomic E-state index is 12.5. The van der Waals surface area contributed by atoms with Gasteiger partial charge in [0.05, 0.1) is 5.56 Å². The summed E-state index contributed by atoms with van der Waals surface area (Å²) in [6, 6.07) is 2.49. The molecule has 0 fully saturated rings. The molecular weight excluding hydrogens is 222 g/mol. The van der Waals surface area contributed by atoms with Crippen LogP contribution in [0.25, 0.3) is 0 Å². The molecule has 0 saturated carbocycles. The fraction of sp³-hybridized carbons (Fsp3) is 0.250. The van der Waals surface area contributed by atoms with Gasteiger partial charge in [0, 0.05) is 12.7 Å². The highest BCUT2D eigenvalue weighted by atomic mass is 35.5. The van der Waals surface area contributed by atoms with Crippen LogP contribution in [0.2, 0.25) is 0 Å². The topological polar surface area (TPSA) is 12.0 Å². The Hall–Kier alpha value is -0.970. The Morgan fingerprint density at radius 1 is 1.21 bits per heavy atom. The lowest BCUT2D eigenvalue weighted by molar-refractivity contribution is -0.137. The van der Waals surface area contributed by atoms with Crippen LogP contribution in [-0.2, 0) is 6.18 Å². The quantitative estimate of drug-likeness (QED) is 0.729. The first kappa shape index (κ1) is 13.0. The summed E-state index contributed by atoms with van der Waals surface area (Å²) in [6.45, 7) is 0. The zero-order chi connectivity index (χ0) is 10.1. The van der Waals surface area contributed by atoms with Crippen molar-refractivity contribution in [2.45, 2.75) is 6.18 Å². The Balaban J connectivity index is 0.00000169. The number of halogens is 5. The minimum absolute atomic E-state index is 0. The second-order valence-corrected chi connectivity index (χ2v) is 2.44. The molecule has 0 bridgehead atoms. The minimum Gasteiger partial charge on any atom is -0.388 e. The van der Waals surface area contributed by atoms with Crippen LogP contribution in [0.3, 0.4) is 0 Å². The first-order chi connectivity index (χ1) is 5.95.